The fourth-order valence-electron chi connectivity index (χ4n) is 3.56. The topological polar surface area (TPSA) is 66.7 Å². The number of aryl methyl sites for hydroxylation is 1. The number of hydrogen-bond donors (Lipinski definition) is 2. The number of hydrogen-bond acceptors (Lipinski definition) is 4. The summed E-state index contributed by atoms with van der Waals surface area (Å²) in [5.74, 6) is 0.849. The average molecular weight is 448 g/mol. The van der Waals surface area contributed by atoms with Crippen molar-refractivity contribution in [1.29, 1.82) is 0 Å². The Balaban J connectivity index is 0.00000208. The Bertz CT molecular complexity index is 561. The van der Waals surface area contributed by atoms with Gasteiger partial charge in [0.05, 0.1) is 30.5 Å². The van der Waals surface area contributed by atoms with E-state index >= 15 is 0 Å². The fourth-order valence-corrected chi connectivity index (χ4v) is 3.56. The largest absolute Gasteiger partial charge is 0.373 e. The van der Waals surface area contributed by atoms with E-state index in [-0.39, 0.29) is 30.0 Å². The monoisotopic (exact) mass is 448 g/mol. The molecule has 0 radical (unpaired) electrons. The van der Waals surface area contributed by atoms with Crippen LogP contribution in [0.2, 0.25) is 0 Å². The molecule has 2 bridgehead atoms. The third-order valence-corrected chi connectivity index (χ3v) is 4.85. The van der Waals surface area contributed by atoms with Gasteiger partial charge in [-0.3, -0.25) is 9.67 Å². The maximum Gasteiger partial charge on any atom is 0.191 e. The highest BCUT2D eigenvalue weighted by Crippen LogP contribution is 2.34. The summed E-state index contributed by atoms with van der Waals surface area (Å²) in [6.45, 7) is 0.778. The molecule has 2 saturated heterocycles. The van der Waals surface area contributed by atoms with Gasteiger partial charge in [-0.1, -0.05) is 0 Å². The van der Waals surface area contributed by atoms with Crippen LogP contribution in [0.4, 0.5) is 0 Å². The van der Waals surface area contributed by atoms with Crippen molar-refractivity contribution in [3.63, 3.8) is 0 Å². The molecule has 3 heterocycles. The molecule has 4 atom stereocenters. The molecule has 1 aromatic heterocycles. The summed E-state index contributed by atoms with van der Waals surface area (Å²) < 4.78 is 7.74. The average Bonchev–Trinajstić information content (AvgIpc) is 3.23. The van der Waals surface area contributed by atoms with Crippen molar-refractivity contribution in [3.05, 3.63) is 18.0 Å². The van der Waals surface area contributed by atoms with Gasteiger partial charge in [0.1, 0.15) is 0 Å². The zero-order valence-corrected chi connectivity index (χ0v) is 17.2. The SMILES string of the molecule is CN=C(NCC(c1cnn(C)c1)N(C)C)NC1CC2CCC1O2.I. The first kappa shape index (κ1) is 19.5. The van der Waals surface area contributed by atoms with Crippen molar-refractivity contribution in [2.45, 2.75) is 43.6 Å². The van der Waals surface area contributed by atoms with Crippen molar-refractivity contribution >= 4 is 29.9 Å². The lowest BCUT2D eigenvalue weighted by Gasteiger charge is -2.27. The molecule has 0 amide bonds. The Labute approximate surface area is 161 Å². The number of fused-ring (bicyclic) bond motifs is 2. The number of nitrogens with zero attached hydrogens (tertiary/aromatic N) is 4. The first-order chi connectivity index (χ1) is 11.1. The summed E-state index contributed by atoms with van der Waals surface area (Å²) in [5.41, 5.74) is 1.20. The molecule has 8 heteroatoms. The Kier molecular flexibility index (Phi) is 6.88. The van der Waals surface area contributed by atoms with Crippen molar-refractivity contribution < 1.29 is 4.74 Å². The Morgan fingerprint density at radius 2 is 2.29 bits per heavy atom. The summed E-state index contributed by atoms with van der Waals surface area (Å²) in [6.07, 6.45) is 8.24. The standard InChI is InChI=1S/C16H28N6O.HI/c1-17-16(20-13-7-12-5-6-15(13)23-12)18-9-14(21(2)3)11-8-19-22(4)10-11;/h8,10,12-15H,5-7,9H2,1-4H3,(H2,17,18,20);1H. The van der Waals surface area contributed by atoms with Crippen molar-refractivity contribution in [3.8, 4) is 0 Å². The molecule has 0 aromatic carbocycles. The number of aromatic nitrogens is 2. The Hall–Kier alpha value is -0.870. The van der Waals surface area contributed by atoms with Crippen LogP contribution in [-0.4, -0.2) is 66.6 Å². The maximum atomic E-state index is 5.90. The minimum atomic E-state index is 0. The molecule has 0 aliphatic carbocycles. The van der Waals surface area contributed by atoms with Gasteiger partial charge in [0, 0.05) is 32.4 Å². The number of guanidine groups is 1. The van der Waals surface area contributed by atoms with E-state index < -0.39 is 0 Å². The van der Waals surface area contributed by atoms with Gasteiger partial charge in [-0.2, -0.15) is 5.10 Å². The van der Waals surface area contributed by atoms with E-state index in [4.69, 9.17) is 4.74 Å². The lowest BCUT2D eigenvalue weighted by molar-refractivity contribution is 0.0992. The van der Waals surface area contributed by atoms with Gasteiger partial charge >= 0.3 is 0 Å². The molecule has 2 N–H and O–H groups in total. The van der Waals surface area contributed by atoms with Crippen LogP contribution in [-0.2, 0) is 11.8 Å². The third-order valence-electron chi connectivity index (χ3n) is 4.85. The highest BCUT2D eigenvalue weighted by molar-refractivity contribution is 14.0. The quantitative estimate of drug-likeness (QED) is 0.402. The molecule has 0 spiro atoms. The number of likely N-dealkylation sites (N-methyl/N-ethyl adjacent to an activating group) is 1. The van der Waals surface area contributed by atoms with Crippen LogP contribution < -0.4 is 10.6 Å². The van der Waals surface area contributed by atoms with Crippen molar-refractivity contribution in [1.82, 2.24) is 25.3 Å². The molecule has 7 nitrogen and oxygen atoms in total. The van der Waals surface area contributed by atoms with Gasteiger partial charge in [0.15, 0.2) is 5.96 Å². The summed E-state index contributed by atoms with van der Waals surface area (Å²) in [7, 11) is 7.93. The van der Waals surface area contributed by atoms with Gasteiger partial charge in [0.2, 0.25) is 0 Å². The van der Waals surface area contributed by atoms with Crippen LogP contribution in [0.25, 0.3) is 0 Å². The van der Waals surface area contributed by atoms with Gasteiger partial charge in [0.25, 0.3) is 0 Å². The highest BCUT2D eigenvalue weighted by atomic mass is 127. The van der Waals surface area contributed by atoms with Crippen LogP contribution >= 0.6 is 24.0 Å². The molecule has 24 heavy (non-hydrogen) atoms. The first-order valence-corrected chi connectivity index (χ1v) is 8.34. The summed E-state index contributed by atoms with van der Waals surface area (Å²) >= 11 is 0. The molecular weight excluding hydrogens is 419 g/mol. The van der Waals surface area contributed by atoms with Crippen LogP contribution in [0, 0.1) is 0 Å². The van der Waals surface area contributed by atoms with Crippen LogP contribution in [0.3, 0.4) is 0 Å². The number of nitrogens with one attached hydrogen (secondary N) is 2. The summed E-state index contributed by atoms with van der Waals surface area (Å²) in [4.78, 5) is 6.56. The van der Waals surface area contributed by atoms with E-state index in [0.29, 0.717) is 18.2 Å². The van der Waals surface area contributed by atoms with Crippen LogP contribution in [0.1, 0.15) is 30.9 Å². The van der Waals surface area contributed by atoms with Gasteiger partial charge in [-0.15, -0.1) is 24.0 Å². The van der Waals surface area contributed by atoms with Gasteiger partial charge < -0.3 is 20.3 Å². The number of halogens is 1. The summed E-state index contributed by atoms with van der Waals surface area (Å²) in [5, 5.41) is 11.2. The lowest BCUT2D eigenvalue weighted by Crippen LogP contribution is -2.49. The van der Waals surface area contributed by atoms with E-state index in [1.54, 1.807) is 0 Å². The maximum absolute atomic E-state index is 5.90. The van der Waals surface area contributed by atoms with E-state index in [2.05, 4.69) is 45.9 Å². The van der Waals surface area contributed by atoms with Crippen LogP contribution in [0.15, 0.2) is 17.4 Å². The lowest BCUT2D eigenvalue weighted by atomic mass is 9.96. The first-order valence-electron chi connectivity index (χ1n) is 8.34. The zero-order valence-electron chi connectivity index (χ0n) is 14.9. The van der Waals surface area contributed by atoms with E-state index in [1.807, 2.05) is 25.0 Å². The van der Waals surface area contributed by atoms with Gasteiger partial charge in [-0.05, 0) is 33.4 Å². The van der Waals surface area contributed by atoms with E-state index in [1.165, 1.54) is 12.0 Å². The van der Waals surface area contributed by atoms with Crippen molar-refractivity contribution in [2.75, 3.05) is 27.7 Å². The van der Waals surface area contributed by atoms with Gasteiger partial charge in [-0.25, -0.2) is 0 Å². The molecule has 2 aliphatic heterocycles. The second-order valence-corrected chi connectivity index (χ2v) is 6.74. The molecule has 4 unspecified atom stereocenters. The number of aliphatic imine (C=N–C) groups is 1. The van der Waals surface area contributed by atoms with Crippen molar-refractivity contribution in [2.24, 2.45) is 12.0 Å². The Morgan fingerprint density at radius 3 is 2.79 bits per heavy atom. The minimum absolute atomic E-state index is 0. The Morgan fingerprint density at radius 1 is 1.50 bits per heavy atom. The fraction of sp³-hybridized carbons (Fsp3) is 0.750. The number of ether oxygens (including phenoxy) is 1. The van der Waals surface area contributed by atoms with E-state index in [0.717, 1.165) is 25.3 Å². The van der Waals surface area contributed by atoms with E-state index in [9.17, 15) is 0 Å². The predicted molar refractivity (Wildman–Crippen MR) is 106 cm³/mol. The second kappa shape index (κ2) is 8.48. The molecule has 1 aromatic rings. The molecule has 2 fully saturated rings. The minimum Gasteiger partial charge on any atom is -0.373 e. The van der Waals surface area contributed by atoms with Crippen LogP contribution in [0.5, 0.6) is 0 Å². The highest BCUT2D eigenvalue weighted by Gasteiger charge is 2.41. The molecule has 136 valence electrons. The normalized spacial score (nSPS) is 27.2. The smallest absolute Gasteiger partial charge is 0.191 e. The summed E-state index contributed by atoms with van der Waals surface area (Å²) in [6, 6.07) is 0.634. The molecule has 3 rings (SSSR count). The molecule has 0 saturated carbocycles. The predicted octanol–water partition coefficient (Wildman–Crippen LogP) is 1.13. The second-order valence-electron chi connectivity index (χ2n) is 6.74. The molecular formula is C16H29IN6O. The zero-order chi connectivity index (χ0) is 16.4. The number of rotatable bonds is 5. The third kappa shape index (κ3) is 4.40. The molecule has 2 aliphatic rings.